The van der Waals surface area contributed by atoms with Crippen molar-refractivity contribution in [2.24, 2.45) is 13.0 Å². The summed E-state index contributed by atoms with van der Waals surface area (Å²) in [7, 11) is 3.18. The Balaban J connectivity index is 1.62. The standard InChI is InChI=1S/C23H27ClN6O3/c1-14-5-4-8-30(12-14)23-26-11-17(24)21(28-23)27-16-6-7-18-15(9-16)10-19(22(32)29(18)3)33-13-20(31)25-2/h6-7,9-11,14H,4-5,8,12-13H2,1-3H3,(H,25,31)(H,26,27,28). The van der Waals surface area contributed by atoms with Crippen molar-refractivity contribution in [1.82, 2.24) is 19.9 Å². The molecule has 174 valence electrons. The zero-order valence-corrected chi connectivity index (χ0v) is 19.6. The van der Waals surface area contributed by atoms with E-state index in [0.717, 1.165) is 36.1 Å². The van der Waals surface area contributed by atoms with E-state index in [2.05, 4.69) is 32.4 Å². The van der Waals surface area contributed by atoms with Crippen LogP contribution in [0.15, 0.2) is 35.3 Å². The fourth-order valence-electron chi connectivity index (χ4n) is 3.96. The third-order valence-corrected chi connectivity index (χ3v) is 6.04. The number of piperidine rings is 1. The molecule has 1 aliphatic heterocycles. The third-order valence-electron chi connectivity index (χ3n) is 5.76. The number of halogens is 1. The molecule has 1 saturated heterocycles. The second-order valence-electron chi connectivity index (χ2n) is 8.29. The van der Waals surface area contributed by atoms with E-state index < -0.39 is 0 Å². The monoisotopic (exact) mass is 470 g/mol. The molecule has 1 fully saturated rings. The number of carbonyl (C=O) groups excluding carboxylic acids is 1. The van der Waals surface area contributed by atoms with Crippen molar-refractivity contribution in [3.63, 3.8) is 0 Å². The normalized spacial score (nSPS) is 16.0. The lowest BCUT2D eigenvalue weighted by atomic mass is 10.0. The molecule has 10 heteroatoms. The Bertz CT molecular complexity index is 1240. The van der Waals surface area contributed by atoms with Gasteiger partial charge in [-0.2, -0.15) is 4.98 Å². The van der Waals surface area contributed by atoms with Gasteiger partial charge >= 0.3 is 0 Å². The lowest BCUT2D eigenvalue weighted by Gasteiger charge is -2.31. The van der Waals surface area contributed by atoms with E-state index in [1.165, 1.54) is 18.0 Å². The van der Waals surface area contributed by atoms with Crippen molar-refractivity contribution in [1.29, 1.82) is 0 Å². The molecule has 4 rings (SSSR count). The van der Waals surface area contributed by atoms with Gasteiger partial charge in [-0.05, 0) is 43.0 Å². The van der Waals surface area contributed by atoms with Crippen LogP contribution in [0.2, 0.25) is 5.02 Å². The van der Waals surface area contributed by atoms with Crippen LogP contribution in [0.25, 0.3) is 10.9 Å². The van der Waals surface area contributed by atoms with Gasteiger partial charge in [0, 0.05) is 38.3 Å². The van der Waals surface area contributed by atoms with Gasteiger partial charge in [0.1, 0.15) is 5.02 Å². The number of amides is 1. The summed E-state index contributed by atoms with van der Waals surface area (Å²) in [4.78, 5) is 35.3. The average molecular weight is 471 g/mol. The van der Waals surface area contributed by atoms with E-state index in [1.54, 1.807) is 19.3 Å². The van der Waals surface area contributed by atoms with Crippen LogP contribution in [-0.2, 0) is 11.8 Å². The van der Waals surface area contributed by atoms with Crippen molar-refractivity contribution in [2.45, 2.75) is 19.8 Å². The van der Waals surface area contributed by atoms with Crippen molar-refractivity contribution in [3.05, 3.63) is 45.8 Å². The Kier molecular flexibility index (Phi) is 6.69. The molecule has 3 aromatic rings. The summed E-state index contributed by atoms with van der Waals surface area (Å²) >= 11 is 6.38. The number of carbonyl (C=O) groups is 1. The van der Waals surface area contributed by atoms with E-state index in [0.29, 0.717) is 22.7 Å². The fourth-order valence-corrected chi connectivity index (χ4v) is 4.09. The number of ether oxygens (including phenoxy) is 1. The van der Waals surface area contributed by atoms with E-state index in [-0.39, 0.29) is 23.8 Å². The Hall–Kier alpha value is -3.33. The van der Waals surface area contributed by atoms with Crippen LogP contribution in [0, 0.1) is 5.92 Å². The predicted octanol–water partition coefficient (Wildman–Crippen LogP) is 3.09. The summed E-state index contributed by atoms with van der Waals surface area (Å²) in [6, 6.07) is 7.20. The second-order valence-corrected chi connectivity index (χ2v) is 8.70. The number of nitrogens with one attached hydrogen (secondary N) is 2. The molecule has 1 aliphatic rings. The number of pyridine rings is 1. The molecule has 0 bridgehead atoms. The summed E-state index contributed by atoms with van der Waals surface area (Å²) < 4.78 is 6.93. The first kappa shape index (κ1) is 22.8. The van der Waals surface area contributed by atoms with Crippen LogP contribution in [0.5, 0.6) is 5.75 Å². The van der Waals surface area contributed by atoms with Crippen molar-refractivity contribution in [2.75, 3.05) is 37.0 Å². The minimum atomic E-state index is -0.315. The maximum Gasteiger partial charge on any atom is 0.293 e. The minimum Gasteiger partial charge on any atom is -0.478 e. The van der Waals surface area contributed by atoms with E-state index in [4.69, 9.17) is 16.3 Å². The number of aryl methyl sites for hydroxylation is 1. The smallest absolute Gasteiger partial charge is 0.293 e. The first-order valence-corrected chi connectivity index (χ1v) is 11.2. The van der Waals surface area contributed by atoms with Gasteiger partial charge in [0.25, 0.3) is 11.5 Å². The molecule has 1 amide bonds. The molecule has 0 aliphatic carbocycles. The minimum absolute atomic E-state index is 0.104. The largest absolute Gasteiger partial charge is 0.478 e. The van der Waals surface area contributed by atoms with Gasteiger partial charge in [-0.25, -0.2) is 4.98 Å². The Morgan fingerprint density at radius 3 is 2.91 bits per heavy atom. The predicted molar refractivity (Wildman–Crippen MR) is 130 cm³/mol. The second kappa shape index (κ2) is 9.66. The molecule has 1 aromatic carbocycles. The number of aromatic nitrogens is 3. The van der Waals surface area contributed by atoms with E-state index in [9.17, 15) is 9.59 Å². The zero-order valence-electron chi connectivity index (χ0n) is 18.9. The number of anilines is 3. The van der Waals surface area contributed by atoms with Crippen LogP contribution in [-0.4, -0.2) is 47.2 Å². The summed E-state index contributed by atoms with van der Waals surface area (Å²) in [5.41, 5.74) is 1.16. The van der Waals surface area contributed by atoms with Crippen molar-refractivity contribution in [3.8, 4) is 5.75 Å². The maximum atomic E-state index is 12.6. The molecule has 0 radical (unpaired) electrons. The highest BCUT2D eigenvalue weighted by Gasteiger charge is 2.20. The van der Waals surface area contributed by atoms with E-state index in [1.807, 2.05) is 18.2 Å². The number of fused-ring (bicyclic) bond motifs is 1. The number of nitrogens with zero attached hydrogens (tertiary/aromatic N) is 4. The molecular weight excluding hydrogens is 444 g/mol. The van der Waals surface area contributed by atoms with Gasteiger partial charge in [-0.3, -0.25) is 9.59 Å². The molecule has 0 spiro atoms. The Labute approximate surface area is 196 Å². The molecule has 9 nitrogen and oxygen atoms in total. The first-order chi connectivity index (χ1) is 15.9. The molecule has 2 N–H and O–H groups in total. The molecule has 2 aromatic heterocycles. The number of hydrogen-bond acceptors (Lipinski definition) is 7. The van der Waals surface area contributed by atoms with Crippen molar-refractivity contribution >= 4 is 45.9 Å². The quantitative estimate of drug-likeness (QED) is 0.570. The first-order valence-electron chi connectivity index (χ1n) is 10.9. The summed E-state index contributed by atoms with van der Waals surface area (Å²) in [6.07, 6.45) is 3.94. The zero-order chi connectivity index (χ0) is 23.5. The third kappa shape index (κ3) is 5.03. The highest BCUT2D eigenvalue weighted by molar-refractivity contribution is 6.32. The van der Waals surface area contributed by atoms with E-state index >= 15 is 0 Å². The summed E-state index contributed by atoms with van der Waals surface area (Å²) in [5.74, 6) is 1.56. The van der Waals surface area contributed by atoms with Crippen molar-refractivity contribution < 1.29 is 9.53 Å². The van der Waals surface area contributed by atoms with Gasteiger partial charge in [-0.15, -0.1) is 0 Å². The fraction of sp³-hybridized carbons (Fsp3) is 0.391. The van der Waals surface area contributed by atoms with Gasteiger partial charge < -0.3 is 24.8 Å². The average Bonchev–Trinajstić information content (AvgIpc) is 2.81. The van der Waals surface area contributed by atoms with Gasteiger partial charge in [0.05, 0.1) is 11.7 Å². The maximum absolute atomic E-state index is 12.6. The lowest BCUT2D eigenvalue weighted by molar-refractivity contribution is -0.122. The number of rotatable bonds is 6. The highest BCUT2D eigenvalue weighted by Crippen LogP contribution is 2.28. The van der Waals surface area contributed by atoms with Gasteiger partial charge in [-0.1, -0.05) is 18.5 Å². The molecule has 1 unspecified atom stereocenters. The summed E-state index contributed by atoms with van der Waals surface area (Å²) in [5, 5.41) is 6.92. The Morgan fingerprint density at radius 2 is 2.15 bits per heavy atom. The van der Waals surface area contributed by atoms with Gasteiger partial charge in [0.15, 0.2) is 18.2 Å². The lowest BCUT2D eigenvalue weighted by Crippen LogP contribution is -2.35. The van der Waals surface area contributed by atoms with Crippen LogP contribution in [0.4, 0.5) is 17.5 Å². The molecule has 33 heavy (non-hydrogen) atoms. The number of likely N-dealkylation sites (N-methyl/N-ethyl adjacent to an activating group) is 1. The molecule has 1 atom stereocenters. The molecule has 0 saturated carbocycles. The van der Waals surface area contributed by atoms with Gasteiger partial charge in [0.2, 0.25) is 5.95 Å². The van der Waals surface area contributed by atoms with Crippen LogP contribution in [0.3, 0.4) is 0 Å². The number of benzene rings is 1. The molecular formula is C23H27ClN6O3. The Morgan fingerprint density at radius 1 is 1.33 bits per heavy atom. The van der Waals surface area contributed by atoms with Crippen LogP contribution >= 0.6 is 11.6 Å². The SMILES string of the molecule is CNC(=O)COc1cc2cc(Nc3nc(N4CCCC(C)C4)ncc3Cl)ccc2n(C)c1=O. The molecule has 3 heterocycles. The summed E-state index contributed by atoms with van der Waals surface area (Å²) in [6.45, 7) is 3.85. The number of hydrogen-bond donors (Lipinski definition) is 2. The topological polar surface area (TPSA) is 101 Å². The van der Waals surface area contributed by atoms with Crippen LogP contribution < -0.4 is 25.8 Å². The highest BCUT2D eigenvalue weighted by atomic mass is 35.5. The van der Waals surface area contributed by atoms with Crippen LogP contribution in [0.1, 0.15) is 19.8 Å².